The molecule has 0 bridgehead atoms. The number of hydrogen-bond donors (Lipinski definition) is 2. The topological polar surface area (TPSA) is 105 Å². The van der Waals surface area contributed by atoms with Gasteiger partial charge in [-0.05, 0) is 43.3 Å². The molecule has 2 aromatic heterocycles. The van der Waals surface area contributed by atoms with Crippen LogP contribution in [0, 0.1) is 0 Å². The van der Waals surface area contributed by atoms with Crippen molar-refractivity contribution in [1.29, 1.82) is 0 Å². The predicted octanol–water partition coefficient (Wildman–Crippen LogP) is 3.19. The summed E-state index contributed by atoms with van der Waals surface area (Å²) in [5.74, 6) is -0.234. The summed E-state index contributed by atoms with van der Waals surface area (Å²) in [5, 5.41) is 6.14. The van der Waals surface area contributed by atoms with E-state index in [0.29, 0.717) is 35.9 Å². The molecule has 0 radical (unpaired) electrons. The number of ketones is 1. The smallest absolute Gasteiger partial charge is 0.293 e. The third kappa shape index (κ3) is 4.64. The van der Waals surface area contributed by atoms with Gasteiger partial charge in [-0.15, -0.1) is 11.3 Å². The summed E-state index contributed by atoms with van der Waals surface area (Å²) in [5.41, 5.74) is 2.21. The highest BCUT2D eigenvalue weighted by molar-refractivity contribution is 7.15. The number of amides is 2. The molecule has 0 saturated carbocycles. The second kappa shape index (κ2) is 8.60. The molecule has 8 nitrogen and oxygen atoms in total. The lowest BCUT2D eigenvalue weighted by Gasteiger charge is -2.25. The number of nitrogens with one attached hydrogen (secondary N) is 2. The van der Waals surface area contributed by atoms with E-state index in [9.17, 15) is 14.4 Å². The van der Waals surface area contributed by atoms with Crippen molar-refractivity contribution in [3.05, 3.63) is 64.6 Å². The number of hydrogen-bond acceptors (Lipinski definition) is 7. The van der Waals surface area contributed by atoms with Crippen LogP contribution >= 0.6 is 11.3 Å². The zero-order valence-corrected chi connectivity index (χ0v) is 17.1. The molecular formula is C21H20N4O4S. The van der Waals surface area contributed by atoms with Gasteiger partial charge in [-0.3, -0.25) is 24.6 Å². The van der Waals surface area contributed by atoms with Crippen LogP contribution in [0.2, 0.25) is 0 Å². The number of furan rings is 1. The first-order chi connectivity index (χ1) is 14.5. The number of nitrogens with zero attached hydrogens (tertiary/aromatic N) is 2. The summed E-state index contributed by atoms with van der Waals surface area (Å²) in [7, 11) is 0. The number of carbonyl (C=O) groups excluding carboxylic acids is 3. The average molecular weight is 424 g/mol. The number of carbonyl (C=O) groups is 3. The largest absolute Gasteiger partial charge is 0.459 e. The van der Waals surface area contributed by atoms with Crippen molar-refractivity contribution in [3.63, 3.8) is 0 Å². The van der Waals surface area contributed by atoms with Gasteiger partial charge in [0.05, 0.1) is 18.5 Å². The number of benzene rings is 1. The van der Waals surface area contributed by atoms with E-state index in [1.54, 1.807) is 36.4 Å². The van der Waals surface area contributed by atoms with Crippen LogP contribution in [0.15, 0.2) is 47.1 Å². The number of thiazole rings is 1. The van der Waals surface area contributed by atoms with Crippen LogP contribution in [0.4, 0.5) is 10.8 Å². The van der Waals surface area contributed by atoms with E-state index in [1.807, 2.05) is 4.90 Å². The molecule has 2 amide bonds. The number of aromatic nitrogens is 1. The van der Waals surface area contributed by atoms with Gasteiger partial charge in [0, 0.05) is 35.6 Å². The van der Waals surface area contributed by atoms with E-state index >= 15 is 0 Å². The molecule has 0 fully saturated rings. The summed E-state index contributed by atoms with van der Waals surface area (Å²) >= 11 is 1.41. The van der Waals surface area contributed by atoms with Crippen molar-refractivity contribution in [2.75, 3.05) is 23.7 Å². The molecule has 1 aromatic carbocycles. The maximum absolute atomic E-state index is 12.4. The van der Waals surface area contributed by atoms with Gasteiger partial charge in [0.1, 0.15) is 0 Å². The Labute approximate surface area is 176 Å². The Morgan fingerprint density at radius 1 is 1.17 bits per heavy atom. The third-order valence-electron chi connectivity index (χ3n) is 4.72. The summed E-state index contributed by atoms with van der Waals surface area (Å²) < 4.78 is 5.09. The second-order valence-corrected chi connectivity index (χ2v) is 8.05. The Kier molecular flexibility index (Phi) is 5.73. The zero-order valence-electron chi connectivity index (χ0n) is 16.3. The maximum Gasteiger partial charge on any atom is 0.293 e. The van der Waals surface area contributed by atoms with Crippen LogP contribution in [0.25, 0.3) is 0 Å². The van der Waals surface area contributed by atoms with E-state index in [2.05, 4.69) is 15.6 Å². The molecular weight excluding hydrogens is 404 g/mol. The van der Waals surface area contributed by atoms with Crippen LogP contribution in [0.1, 0.15) is 38.4 Å². The van der Waals surface area contributed by atoms with E-state index in [1.165, 1.54) is 24.5 Å². The lowest BCUT2D eigenvalue weighted by molar-refractivity contribution is -0.117. The minimum Gasteiger partial charge on any atom is -0.459 e. The molecule has 1 aliphatic heterocycles. The summed E-state index contributed by atoms with van der Waals surface area (Å²) in [6.45, 7) is 3.06. The molecule has 154 valence electrons. The number of rotatable bonds is 6. The lowest BCUT2D eigenvalue weighted by Crippen LogP contribution is -2.36. The number of fused-ring (bicyclic) bond motifs is 1. The molecule has 0 unspecified atom stereocenters. The van der Waals surface area contributed by atoms with Crippen LogP contribution in [0.3, 0.4) is 0 Å². The average Bonchev–Trinajstić information content (AvgIpc) is 3.37. The Bertz CT molecular complexity index is 1070. The monoisotopic (exact) mass is 424 g/mol. The molecule has 2 N–H and O–H groups in total. The van der Waals surface area contributed by atoms with Gasteiger partial charge in [-0.2, -0.15) is 0 Å². The van der Waals surface area contributed by atoms with Crippen LogP contribution in [-0.2, 0) is 17.8 Å². The minimum absolute atomic E-state index is 0.0127. The van der Waals surface area contributed by atoms with Crippen molar-refractivity contribution in [1.82, 2.24) is 9.88 Å². The molecule has 0 aliphatic carbocycles. The quantitative estimate of drug-likeness (QED) is 0.589. The van der Waals surface area contributed by atoms with Gasteiger partial charge in [-0.1, -0.05) is 0 Å². The molecule has 0 atom stereocenters. The first kappa shape index (κ1) is 20.0. The van der Waals surface area contributed by atoms with Crippen LogP contribution < -0.4 is 10.6 Å². The molecule has 0 saturated heterocycles. The molecule has 0 spiro atoms. The normalized spacial score (nSPS) is 13.5. The predicted molar refractivity (Wildman–Crippen MR) is 113 cm³/mol. The van der Waals surface area contributed by atoms with Gasteiger partial charge < -0.3 is 9.73 Å². The van der Waals surface area contributed by atoms with Gasteiger partial charge in [0.2, 0.25) is 5.91 Å². The van der Waals surface area contributed by atoms with Gasteiger partial charge >= 0.3 is 0 Å². The molecule has 3 heterocycles. The first-order valence-corrected chi connectivity index (χ1v) is 10.3. The SMILES string of the molecule is CC(=O)c1ccc(NC(=O)CN2CCc3nc(NC(=O)c4ccco4)sc3C2)cc1. The number of Topliss-reactive ketones (excluding diaryl/α,β-unsaturated/α-hetero) is 1. The first-order valence-electron chi connectivity index (χ1n) is 9.44. The van der Waals surface area contributed by atoms with Crippen molar-refractivity contribution in [2.45, 2.75) is 19.9 Å². The van der Waals surface area contributed by atoms with E-state index in [4.69, 9.17) is 4.42 Å². The van der Waals surface area contributed by atoms with E-state index in [0.717, 1.165) is 10.6 Å². The van der Waals surface area contributed by atoms with Gasteiger partial charge in [0.15, 0.2) is 16.7 Å². The van der Waals surface area contributed by atoms with Crippen molar-refractivity contribution < 1.29 is 18.8 Å². The minimum atomic E-state index is -0.335. The Morgan fingerprint density at radius 2 is 1.97 bits per heavy atom. The van der Waals surface area contributed by atoms with Gasteiger partial charge in [0.25, 0.3) is 5.91 Å². The Balaban J connectivity index is 1.32. The van der Waals surface area contributed by atoms with Crippen molar-refractivity contribution in [2.24, 2.45) is 0 Å². The summed E-state index contributed by atoms with van der Waals surface area (Å²) in [4.78, 5) is 43.4. The summed E-state index contributed by atoms with van der Waals surface area (Å²) in [6, 6.07) is 10.1. The van der Waals surface area contributed by atoms with Crippen molar-refractivity contribution in [3.8, 4) is 0 Å². The molecule has 3 aromatic rings. The van der Waals surface area contributed by atoms with E-state index in [-0.39, 0.29) is 29.9 Å². The van der Waals surface area contributed by atoms with Gasteiger partial charge in [-0.25, -0.2) is 4.98 Å². The second-order valence-electron chi connectivity index (χ2n) is 6.96. The lowest BCUT2D eigenvalue weighted by atomic mass is 10.1. The van der Waals surface area contributed by atoms with Crippen LogP contribution in [0.5, 0.6) is 0 Å². The fourth-order valence-corrected chi connectivity index (χ4v) is 4.24. The Hall–Kier alpha value is -3.30. The molecule has 1 aliphatic rings. The maximum atomic E-state index is 12.4. The molecule has 4 rings (SSSR count). The number of anilines is 2. The fourth-order valence-electron chi connectivity index (χ4n) is 3.20. The summed E-state index contributed by atoms with van der Waals surface area (Å²) in [6.07, 6.45) is 2.16. The molecule has 30 heavy (non-hydrogen) atoms. The van der Waals surface area contributed by atoms with Crippen molar-refractivity contribution >= 4 is 39.8 Å². The van der Waals surface area contributed by atoms with E-state index < -0.39 is 0 Å². The highest BCUT2D eigenvalue weighted by Crippen LogP contribution is 2.28. The highest BCUT2D eigenvalue weighted by atomic mass is 32.1. The van der Waals surface area contributed by atoms with Crippen LogP contribution in [-0.4, -0.2) is 40.6 Å². The zero-order chi connectivity index (χ0) is 21.1. The highest BCUT2D eigenvalue weighted by Gasteiger charge is 2.23. The third-order valence-corrected chi connectivity index (χ3v) is 5.72. The standard InChI is InChI=1S/C21H20N4O4S/c1-13(26)14-4-6-15(7-5-14)22-19(27)12-25-9-8-16-18(11-25)30-21(23-16)24-20(28)17-3-2-10-29-17/h2-7,10H,8-9,11-12H2,1H3,(H,22,27)(H,23,24,28). The Morgan fingerprint density at radius 3 is 2.67 bits per heavy atom. The molecule has 9 heteroatoms. The fraction of sp³-hybridized carbons (Fsp3) is 0.238.